The van der Waals surface area contributed by atoms with E-state index in [1.807, 2.05) is 26.0 Å². The fourth-order valence-electron chi connectivity index (χ4n) is 2.73. The highest BCUT2D eigenvalue weighted by molar-refractivity contribution is 7.81. The van der Waals surface area contributed by atoms with Crippen LogP contribution < -0.4 is 16.0 Å². The molecule has 0 heterocycles. The van der Waals surface area contributed by atoms with Crippen LogP contribution in [0.25, 0.3) is 0 Å². The second kappa shape index (κ2) is 10.1. The molecule has 3 N–H and O–H groups in total. The number of hydrogen-bond donors (Lipinski definition) is 4. The van der Waals surface area contributed by atoms with Crippen LogP contribution in [-0.2, 0) is 14.4 Å². The normalized spacial score (nSPS) is 12.2. The number of amides is 3. The third kappa shape index (κ3) is 5.60. The van der Waals surface area contributed by atoms with Crippen molar-refractivity contribution < 1.29 is 14.4 Å². The van der Waals surface area contributed by atoms with Crippen LogP contribution in [0.15, 0.2) is 60.7 Å². The standard InChI is InChI=1S/C22H27N3O3S/c1-4-22(25-19(26)18(29)15(2)3,20(27)23-16-11-7-5-8-12-16)21(28)24-17-13-9-6-10-14-17/h5-15,18,29H,4H2,1-3H3,(H,23,27)(H,24,28)(H,25,26)/t18-/m0/s1. The average Bonchev–Trinajstić information content (AvgIpc) is 2.72. The van der Waals surface area contributed by atoms with Crippen molar-refractivity contribution in [3.63, 3.8) is 0 Å². The Morgan fingerprint density at radius 3 is 1.62 bits per heavy atom. The van der Waals surface area contributed by atoms with Crippen molar-refractivity contribution >= 4 is 41.7 Å². The molecule has 2 aromatic rings. The van der Waals surface area contributed by atoms with Gasteiger partial charge in [0.25, 0.3) is 11.8 Å². The van der Waals surface area contributed by atoms with Gasteiger partial charge in [-0.1, -0.05) is 57.2 Å². The van der Waals surface area contributed by atoms with E-state index in [2.05, 4.69) is 28.6 Å². The van der Waals surface area contributed by atoms with Gasteiger partial charge in [0, 0.05) is 11.4 Å². The number of thiol groups is 1. The van der Waals surface area contributed by atoms with Crippen LogP contribution in [0, 0.1) is 5.92 Å². The highest BCUT2D eigenvalue weighted by Gasteiger charge is 2.46. The molecule has 2 rings (SSSR count). The fraction of sp³-hybridized carbons (Fsp3) is 0.318. The van der Waals surface area contributed by atoms with Crippen molar-refractivity contribution in [2.24, 2.45) is 5.92 Å². The summed E-state index contributed by atoms with van der Waals surface area (Å²) in [6.45, 7) is 5.37. The first-order valence-corrected chi connectivity index (χ1v) is 10.0. The summed E-state index contributed by atoms with van der Waals surface area (Å²) < 4.78 is 0. The van der Waals surface area contributed by atoms with Crippen LogP contribution in [0.1, 0.15) is 27.2 Å². The van der Waals surface area contributed by atoms with Gasteiger partial charge < -0.3 is 16.0 Å². The van der Waals surface area contributed by atoms with Crippen LogP contribution in [0.3, 0.4) is 0 Å². The topological polar surface area (TPSA) is 87.3 Å². The number of nitrogens with one attached hydrogen (secondary N) is 3. The Morgan fingerprint density at radius 1 is 0.862 bits per heavy atom. The van der Waals surface area contributed by atoms with Gasteiger partial charge in [0.1, 0.15) is 0 Å². The van der Waals surface area contributed by atoms with E-state index in [9.17, 15) is 14.4 Å². The molecule has 6 nitrogen and oxygen atoms in total. The Bertz CT molecular complexity index is 787. The molecule has 0 saturated carbocycles. The van der Waals surface area contributed by atoms with Gasteiger partial charge in [-0.25, -0.2) is 0 Å². The summed E-state index contributed by atoms with van der Waals surface area (Å²) in [6, 6.07) is 17.6. The zero-order valence-corrected chi connectivity index (χ0v) is 17.7. The Morgan fingerprint density at radius 2 is 1.28 bits per heavy atom. The lowest BCUT2D eigenvalue weighted by Gasteiger charge is -2.32. The Kier molecular flexibility index (Phi) is 7.84. The van der Waals surface area contributed by atoms with Gasteiger partial charge in [-0.3, -0.25) is 14.4 Å². The maximum absolute atomic E-state index is 13.2. The van der Waals surface area contributed by atoms with Crippen molar-refractivity contribution in [1.29, 1.82) is 0 Å². The highest BCUT2D eigenvalue weighted by Crippen LogP contribution is 2.20. The molecule has 0 unspecified atom stereocenters. The van der Waals surface area contributed by atoms with Gasteiger partial charge in [-0.15, -0.1) is 0 Å². The second-order valence-electron chi connectivity index (χ2n) is 7.08. The first kappa shape index (κ1) is 22.5. The average molecular weight is 414 g/mol. The minimum absolute atomic E-state index is 0.0642. The van der Waals surface area contributed by atoms with E-state index in [1.165, 1.54) is 0 Å². The van der Waals surface area contributed by atoms with E-state index in [0.29, 0.717) is 11.4 Å². The van der Waals surface area contributed by atoms with Gasteiger partial charge in [-0.2, -0.15) is 12.6 Å². The van der Waals surface area contributed by atoms with E-state index in [-0.39, 0.29) is 12.3 Å². The third-order valence-electron chi connectivity index (χ3n) is 4.61. The van der Waals surface area contributed by atoms with Gasteiger partial charge in [0.2, 0.25) is 5.91 Å². The lowest BCUT2D eigenvalue weighted by molar-refractivity contribution is -0.138. The van der Waals surface area contributed by atoms with Crippen molar-refractivity contribution in [3.8, 4) is 0 Å². The molecule has 0 aliphatic heterocycles. The summed E-state index contributed by atoms with van der Waals surface area (Å²) in [4.78, 5) is 39.2. The Balaban J connectivity index is 2.36. The maximum atomic E-state index is 13.2. The van der Waals surface area contributed by atoms with Gasteiger partial charge >= 0.3 is 0 Å². The Labute approximate surface area is 176 Å². The molecule has 154 valence electrons. The molecular weight excluding hydrogens is 386 g/mol. The number of hydrogen-bond acceptors (Lipinski definition) is 4. The summed E-state index contributed by atoms with van der Waals surface area (Å²) in [6.07, 6.45) is 0.0642. The second-order valence-corrected chi connectivity index (χ2v) is 7.63. The predicted molar refractivity (Wildman–Crippen MR) is 119 cm³/mol. The number of carbonyl (C=O) groups is 3. The van der Waals surface area contributed by atoms with Crippen LogP contribution in [0.5, 0.6) is 0 Å². The first-order chi connectivity index (χ1) is 13.8. The minimum Gasteiger partial charge on any atom is -0.333 e. The zero-order valence-electron chi connectivity index (χ0n) is 16.8. The van der Waals surface area contributed by atoms with Crippen LogP contribution >= 0.6 is 12.6 Å². The molecular formula is C22H27N3O3S. The number of carbonyl (C=O) groups excluding carboxylic acids is 3. The third-order valence-corrected chi connectivity index (χ3v) is 5.44. The number of anilines is 2. The fourth-order valence-corrected chi connectivity index (χ4v) is 2.80. The molecule has 0 saturated heterocycles. The van der Waals surface area contributed by atoms with Crippen LogP contribution in [-0.4, -0.2) is 28.5 Å². The monoisotopic (exact) mass is 413 g/mol. The lowest BCUT2D eigenvalue weighted by Crippen LogP contribution is -2.64. The molecule has 0 aromatic heterocycles. The van der Waals surface area contributed by atoms with E-state index in [4.69, 9.17) is 0 Å². The van der Waals surface area contributed by atoms with E-state index >= 15 is 0 Å². The number of benzene rings is 2. The minimum atomic E-state index is -1.79. The summed E-state index contributed by atoms with van der Waals surface area (Å²) in [7, 11) is 0. The highest BCUT2D eigenvalue weighted by atomic mass is 32.1. The number of para-hydroxylation sites is 2. The van der Waals surface area contributed by atoms with Crippen LogP contribution in [0.4, 0.5) is 11.4 Å². The molecule has 29 heavy (non-hydrogen) atoms. The lowest BCUT2D eigenvalue weighted by atomic mass is 9.92. The van der Waals surface area contributed by atoms with Gasteiger partial charge in [0.15, 0.2) is 5.54 Å². The molecule has 0 aliphatic rings. The van der Waals surface area contributed by atoms with E-state index in [1.54, 1.807) is 55.5 Å². The predicted octanol–water partition coefficient (Wildman–Crippen LogP) is 3.48. The molecule has 7 heteroatoms. The quantitative estimate of drug-likeness (QED) is 0.395. The molecule has 1 atom stereocenters. The molecule has 0 aliphatic carbocycles. The van der Waals surface area contributed by atoms with Crippen molar-refractivity contribution in [2.45, 2.75) is 38.0 Å². The summed E-state index contributed by atoms with van der Waals surface area (Å²) in [5.41, 5.74) is -0.731. The number of rotatable bonds is 8. The molecule has 2 aromatic carbocycles. The van der Waals surface area contributed by atoms with E-state index < -0.39 is 28.5 Å². The zero-order chi connectivity index (χ0) is 21.4. The summed E-state index contributed by atoms with van der Waals surface area (Å²) in [5.74, 6) is -1.77. The van der Waals surface area contributed by atoms with Gasteiger partial charge in [0.05, 0.1) is 5.25 Å². The molecule has 0 radical (unpaired) electrons. The summed E-state index contributed by atoms with van der Waals surface area (Å²) in [5, 5.41) is 7.47. The largest absolute Gasteiger partial charge is 0.333 e. The molecule has 0 fully saturated rings. The van der Waals surface area contributed by atoms with Gasteiger partial charge in [-0.05, 0) is 36.6 Å². The molecule has 0 spiro atoms. The molecule has 0 bridgehead atoms. The van der Waals surface area contributed by atoms with Crippen molar-refractivity contribution in [2.75, 3.05) is 10.6 Å². The van der Waals surface area contributed by atoms with Crippen LogP contribution in [0.2, 0.25) is 0 Å². The van der Waals surface area contributed by atoms with Crippen molar-refractivity contribution in [3.05, 3.63) is 60.7 Å². The SMILES string of the molecule is CCC(NC(=O)[C@@H](S)C(C)C)(C(=O)Nc1ccccc1)C(=O)Nc1ccccc1. The smallest absolute Gasteiger partial charge is 0.259 e. The maximum Gasteiger partial charge on any atom is 0.259 e. The van der Waals surface area contributed by atoms with Crippen molar-refractivity contribution in [1.82, 2.24) is 5.32 Å². The molecule has 3 amide bonds. The first-order valence-electron chi connectivity index (χ1n) is 9.53. The Hall–Kier alpha value is -2.80. The summed E-state index contributed by atoms with van der Waals surface area (Å²) >= 11 is 4.33. The van der Waals surface area contributed by atoms with E-state index in [0.717, 1.165) is 0 Å².